The smallest absolute Gasteiger partial charge is 0.258 e. The molecule has 1 aliphatic rings. The normalized spacial score (nSPS) is 17.0. The summed E-state index contributed by atoms with van der Waals surface area (Å²) in [5.41, 5.74) is 0.352. The highest BCUT2D eigenvalue weighted by Gasteiger charge is 2.25. The number of carbonyl (C=O) groups is 2. The summed E-state index contributed by atoms with van der Waals surface area (Å²) in [7, 11) is 0. The molecule has 122 valence electrons. The molecule has 2 N–H and O–H groups in total. The van der Waals surface area contributed by atoms with E-state index in [9.17, 15) is 18.4 Å². The van der Waals surface area contributed by atoms with Crippen LogP contribution in [0, 0.1) is 11.6 Å². The van der Waals surface area contributed by atoms with Crippen molar-refractivity contribution < 1.29 is 18.4 Å². The minimum Gasteiger partial charge on any atom is -0.296 e. The van der Waals surface area contributed by atoms with Gasteiger partial charge in [0, 0.05) is 11.1 Å². The third-order valence-corrected chi connectivity index (χ3v) is 3.50. The first kappa shape index (κ1) is 15.8. The molecule has 7 heteroatoms. The monoisotopic (exact) mass is 329 g/mol. The van der Waals surface area contributed by atoms with E-state index >= 15 is 0 Å². The standard InChI is InChI=1S/C17H13F2N3O2/c18-11-5-3-4-10(8-11)16(24)22-17-20-14(9-15(23)21-17)12-6-1-2-7-13(12)19/h1-8,14H,9H2,(H2,20,21,22,23,24). The first-order chi connectivity index (χ1) is 11.5. The van der Waals surface area contributed by atoms with Crippen LogP contribution >= 0.6 is 0 Å². The van der Waals surface area contributed by atoms with Gasteiger partial charge in [0.2, 0.25) is 11.9 Å². The molecule has 0 bridgehead atoms. The molecule has 2 aromatic rings. The summed E-state index contributed by atoms with van der Waals surface area (Å²) in [6, 6.07) is 10.4. The van der Waals surface area contributed by atoms with Gasteiger partial charge in [0.05, 0.1) is 12.5 Å². The van der Waals surface area contributed by atoms with Crippen molar-refractivity contribution >= 4 is 17.8 Å². The molecule has 0 fully saturated rings. The van der Waals surface area contributed by atoms with Crippen molar-refractivity contribution in [2.24, 2.45) is 4.99 Å². The first-order valence-electron chi connectivity index (χ1n) is 7.22. The maximum absolute atomic E-state index is 13.9. The van der Waals surface area contributed by atoms with Crippen molar-refractivity contribution in [3.63, 3.8) is 0 Å². The second kappa shape index (κ2) is 6.57. The minimum absolute atomic E-state index is 0.0275. The summed E-state index contributed by atoms with van der Waals surface area (Å²) < 4.78 is 27.0. The molecule has 24 heavy (non-hydrogen) atoms. The molecular formula is C17H13F2N3O2. The van der Waals surface area contributed by atoms with Gasteiger partial charge in [-0.1, -0.05) is 24.3 Å². The molecule has 2 aromatic carbocycles. The van der Waals surface area contributed by atoms with Gasteiger partial charge in [0.1, 0.15) is 11.6 Å². The topological polar surface area (TPSA) is 70.6 Å². The molecule has 0 spiro atoms. The summed E-state index contributed by atoms with van der Waals surface area (Å²) in [5, 5.41) is 4.82. The van der Waals surface area contributed by atoms with Crippen LogP contribution in [0.3, 0.4) is 0 Å². The summed E-state index contributed by atoms with van der Waals surface area (Å²) in [6.07, 6.45) is -0.0275. The number of amides is 2. The summed E-state index contributed by atoms with van der Waals surface area (Å²) in [4.78, 5) is 28.1. The van der Waals surface area contributed by atoms with Gasteiger partial charge in [-0.25, -0.2) is 13.8 Å². The summed E-state index contributed by atoms with van der Waals surface area (Å²) >= 11 is 0. The molecule has 2 amide bonds. The number of aliphatic imine (C=N–C) groups is 1. The largest absolute Gasteiger partial charge is 0.296 e. The van der Waals surface area contributed by atoms with Gasteiger partial charge in [-0.05, 0) is 24.3 Å². The van der Waals surface area contributed by atoms with Crippen molar-refractivity contribution in [3.8, 4) is 0 Å². The van der Waals surface area contributed by atoms with Gasteiger partial charge in [0.15, 0.2) is 0 Å². The van der Waals surface area contributed by atoms with E-state index in [1.54, 1.807) is 6.07 Å². The predicted molar refractivity (Wildman–Crippen MR) is 83.2 cm³/mol. The molecule has 0 radical (unpaired) electrons. The quantitative estimate of drug-likeness (QED) is 0.888. The lowest BCUT2D eigenvalue weighted by Crippen LogP contribution is -2.47. The van der Waals surface area contributed by atoms with Gasteiger partial charge < -0.3 is 0 Å². The van der Waals surface area contributed by atoms with Crippen LogP contribution in [0.15, 0.2) is 53.5 Å². The molecule has 1 unspecified atom stereocenters. The highest BCUT2D eigenvalue weighted by molar-refractivity contribution is 6.10. The van der Waals surface area contributed by atoms with Gasteiger partial charge in [-0.3, -0.25) is 20.2 Å². The lowest BCUT2D eigenvalue weighted by Gasteiger charge is -2.21. The Bertz CT molecular complexity index is 836. The van der Waals surface area contributed by atoms with E-state index < -0.39 is 29.5 Å². The van der Waals surface area contributed by atoms with Gasteiger partial charge in [-0.15, -0.1) is 0 Å². The Morgan fingerprint density at radius 2 is 1.96 bits per heavy atom. The van der Waals surface area contributed by atoms with Crippen molar-refractivity contribution in [1.82, 2.24) is 10.6 Å². The Hall–Kier alpha value is -3.09. The Labute approximate surface area is 136 Å². The molecule has 1 aliphatic heterocycles. The van der Waals surface area contributed by atoms with Crippen LogP contribution in [0.4, 0.5) is 8.78 Å². The lowest BCUT2D eigenvalue weighted by atomic mass is 10.0. The van der Waals surface area contributed by atoms with Crippen LogP contribution < -0.4 is 10.6 Å². The fourth-order valence-corrected chi connectivity index (χ4v) is 2.39. The Balaban J connectivity index is 1.83. The molecule has 0 aromatic heterocycles. The second-order valence-corrected chi connectivity index (χ2v) is 5.23. The number of hydrogen-bond donors (Lipinski definition) is 2. The Kier molecular flexibility index (Phi) is 4.33. The second-order valence-electron chi connectivity index (χ2n) is 5.23. The van der Waals surface area contributed by atoms with E-state index in [0.29, 0.717) is 0 Å². The molecule has 1 heterocycles. The van der Waals surface area contributed by atoms with E-state index in [-0.39, 0.29) is 23.5 Å². The predicted octanol–water partition coefficient (Wildman–Crippen LogP) is 2.31. The summed E-state index contributed by atoms with van der Waals surface area (Å²) in [6.45, 7) is 0. The molecule has 5 nitrogen and oxygen atoms in total. The number of hydrogen-bond acceptors (Lipinski definition) is 3. The van der Waals surface area contributed by atoms with E-state index in [2.05, 4.69) is 15.6 Å². The van der Waals surface area contributed by atoms with Gasteiger partial charge in [-0.2, -0.15) is 0 Å². The van der Waals surface area contributed by atoms with Gasteiger partial charge in [0.25, 0.3) is 5.91 Å². The van der Waals surface area contributed by atoms with Crippen molar-refractivity contribution in [1.29, 1.82) is 0 Å². The number of halogens is 2. The number of benzene rings is 2. The zero-order valence-corrected chi connectivity index (χ0v) is 12.4. The number of guanidine groups is 1. The van der Waals surface area contributed by atoms with E-state index in [0.717, 1.165) is 6.07 Å². The van der Waals surface area contributed by atoms with Crippen LogP contribution in [-0.2, 0) is 4.79 Å². The first-order valence-corrected chi connectivity index (χ1v) is 7.22. The Morgan fingerprint density at radius 1 is 1.17 bits per heavy atom. The SMILES string of the molecule is O=C1CC(c2ccccc2F)N=C(NC(=O)c2cccc(F)c2)N1. The van der Waals surface area contributed by atoms with Crippen molar-refractivity contribution in [3.05, 3.63) is 71.3 Å². The molecule has 0 aliphatic carbocycles. The fraction of sp³-hybridized carbons (Fsp3) is 0.118. The third-order valence-electron chi connectivity index (χ3n) is 3.50. The number of nitrogens with zero attached hydrogens (tertiary/aromatic N) is 1. The van der Waals surface area contributed by atoms with Crippen LogP contribution in [0.2, 0.25) is 0 Å². The number of nitrogens with one attached hydrogen (secondary N) is 2. The zero-order chi connectivity index (χ0) is 17.1. The summed E-state index contributed by atoms with van der Waals surface area (Å²) in [5.74, 6) is -2.14. The third kappa shape index (κ3) is 3.45. The maximum Gasteiger partial charge on any atom is 0.258 e. The van der Waals surface area contributed by atoms with Crippen molar-refractivity contribution in [2.45, 2.75) is 12.5 Å². The maximum atomic E-state index is 13.9. The van der Waals surface area contributed by atoms with Crippen molar-refractivity contribution in [2.75, 3.05) is 0 Å². The molecule has 0 saturated carbocycles. The van der Waals surface area contributed by atoms with E-state index in [1.165, 1.54) is 36.4 Å². The molecule has 1 atom stereocenters. The highest BCUT2D eigenvalue weighted by Crippen LogP contribution is 2.25. The average molecular weight is 329 g/mol. The van der Waals surface area contributed by atoms with E-state index in [4.69, 9.17) is 0 Å². The van der Waals surface area contributed by atoms with E-state index in [1.807, 2.05) is 0 Å². The van der Waals surface area contributed by atoms with Crippen LogP contribution in [-0.4, -0.2) is 17.8 Å². The highest BCUT2D eigenvalue weighted by atomic mass is 19.1. The Morgan fingerprint density at radius 3 is 2.71 bits per heavy atom. The molecule has 3 rings (SSSR count). The van der Waals surface area contributed by atoms with Crippen LogP contribution in [0.5, 0.6) is 0 Å². The lowest BCUT2D eigenvalue weighted by molar-refractivity contribution is -0.120. The van der Waals surface area contributed by atoms with Crippen LogP contribution in [0.25, 0.3) is 0 Å². The number of carbonyl (C=O) groups excluding carboxylic acids is 2. The average Bonchev–Trinajstić information content (AvgIpc) is 2.54. The van der Waals surface area contributed by atoms with Crippen LogP contribution in [0.1, 0.15) is 28.4 Å². The molecular weight excluding hydrogens is 316 g/mol. The fourth-order valence-electron chi connectivity index (χ4n) is 2.39. The minimum atomic E-state index is -0.734. The number of rotatable bonds is 2. The van der Waals surface area contributed by atoms with Gasteiger partial charge >= 0.3 is 0 Å². The zero-order valence-electron chi connectivity index (χ0n) is 12.4. The molecule has 0 saturated heterocycles.